The molecule has 4 rings (SSSR count). The number of hydrogen-bond acceptors (Lipinski definition) is 5. The molecule has 0 saturated heterocycles. The van der Waals surface area contributed by atoms with Gasteiger partial charge in [0.25, 0.3) is 5.89 Å². The van der Waals surface area contributed by atoms with E-state index < -0.39 is 0 Å². The monoisotopic (exact) mass is 355 g/mol. The lowest BCUT2D eigenvalue weighted by Crippen LogP contribution is -2.07. The van der Waals surface area contributed by atoms with Crippen molar-refractivity contribution in [2.75, 3.05) is 19.0 Å². The molecular formula is C18H14ClN3OS. The molecule has 0 spiro atoms. The Balaban J connectivity index is 1.72. The van der Waals surface area contributed by atoms with Gasteiger partial charge in [-0.1, -0.05) is 29.8 Å². The predicted molar refractivity (Wildman–Crippen MR) is 99.9 cm³/mol. The van der Waals surface area contributed by atoms with Gasteiger partial charge in [0.05, 0.1) is 5.02 Å². The zero-order chi connectivity index (χ0) is 16.7. The number of benzene rings is 2. The molecule has 0 aliphatic heterocycles. The second-order valence-electron chi connectivity index (χ2n) is 5.59. The maximum Gasteiger partial charge on any atom is 0.259 e. The Morgan fingerprint density at radius 1 is 0.958 bits per heavy atom. The second-order valence-corrected chi connectivity index (χ2v) is 7.03. The van der Waals surface area contributed by atoms with Crippen molar-refractivity contribution in [1.82, 2.24) is 10.2 Å². The van der Waals surface area contributed by atoms with Crippen LogP contribution in [0.25, 0.3) is 32.3 Å². The van der Waals surface area contributed by atoms with Crippen molar-refractivity contribution in [2.45, 2.75) is 0 Å². The SMILES string of the molecule is CN(C)c1ccc(-c2nnc(-c3sc4ccccc4c3Cl)o2)cc1. The maximum absolute atomic E-state index is 6.48. The molecule has 0 atom stereocenters. The van der Waals surface area contributed by atoms with E-state index in [-0.39, 0.29) is 0 Å². The first kappa shape index (κ1) is 15.2. The van der Waals surface area contributed by atoms with Crippen LogP contribution < -0.4 is 4.90 Å². The normalized spacial score (nSPS) is 11.1. The number of nitrogens with zero attached hydrogens (tertiary/aromatic N) is 3. The Labute approximate surface area is 148 Å². The Morgan fingerprint density at radius 2 is 1.67 bits per heavy atom. The van der Waals surface area contributed by atoms with E-state index in [4.69, 9.17) is 16.0 Å². The van der Waals surface area contributed by atoms with Gasteiger partial charge in [0.15, 0.2) is 0 Å². The molecule has 0 unspecified atom stereocenters. The summed E-state index contributed by atoms with van der Waals surface area (Å²) in [5.41, 5.74) is 2.00. The van der Waals surface area contributed by atoms with Crippen LogP contribution in [0.4, 0.5) is 5.69 Å². The third-order valence-corrected chi connectivity index (χ3v) is 5.45. The van der Waals surface area contributed by atoms with Gasteiger partial charge >= 0.3 is 0 Å². The smallest absolute Gasteiger partial charge is 0.259 e. The van der Waals surface area contributed by atoms with Gasteiger partial charge in [-0.3, -0.25) is 0 Å². The van der Waals surface area contributed by atoms with Crippen molar-refractivity contribution < 1.29 is 4.42 Å². The zero-order valence-corrected chi connectivity index (χ0v) is 14.7. The summed E-state index contributed by atoms with van der Waals surface area (Å²) >= 11 is 8.04. The van der Waals surface area contributed by atoms with Gasteiger partial charge in [-0.25, -0.2) is 0 Å². The van der Waals surface area contributed by atoms with E-state index in [1.54, 1.807) is 11.3 Å². The summed E-state index contributed by atoms with van der Waals surface area (Å²) in [4.78, 5) is 2.85. The molecule has 2 aromatic carbocycles. The highest BCUT2D eigenvalue weighted by Crippen LogP contribution is 2.41. The highest BCUT2D eigenvalue weighted by molar-refractivity contribution is 7.23. The Morgan fingerprint density at radius 3 is 2.38 bits per heavy atom. The molecule has 0 aliphatic rings. The van der Waals surface area contributed by atoms with Crippen LogP contribution in [0, 0.1) is 0 Å². The van der Waals surface area contributed by atoms with E-state index in [0.717, 1.165) is 26.2 Å². The van der Waals surface area contributed by atoms with Crippen molar-refractivity contribution in [3.8, 4) is 22.2 Å². The summed E-state index contributed by atoms with van der Waals surface area (Å²) in [5, 5.41) is 10.0. The van der Waals surface area contributed by atoms with Crippen LogP contribution in [0.2, 0.25) is 5.02 Å². The van der Waals surface area contributed by atoms with Crippen LogP contribution in [0.1, 0.15) is 0 Å². The fourth-order valence-corrected chi connectivity index (χ4v) is 3.92. The summed E-state index contributed by atoms with van der Waals surface area (Å²) < 4.78 is 6.96. The summed E-state index contributed by atoms with van der Waals surface area (Å²) in [6.45, 7) is 0. The molecule has 0 fully saturated rings. The molecule has 4 nitrogen and oxygen atoms in total. The summed E-state index contributed by atoms with van der Waals surface area (Å²) in [7, 11) is 4.01. The number of fused-ring (bicyclic) bond motifs is 1. The molecule has 0 amide bonds. The molecule has 2 aromatic heterocycles. The van der Waals surface area contributed by atoms with E-state index >= 15 is 0 Å². The number of thiophene rings is 1. The van der Waals surface area contributed by atoms with Crippen LogP contribution >= 0.6 is 22.9 Å². The first-order valence-electron chi connectivity index (χ1n) is 7.42. The number of rotatable bonds is 3. The molecule has 2 heterocycles. The summed E-state index contributed by atoms with van der Waals surface area (Å²) in [5.74, 6) is 0.941. The Hall–Kier alpha value is -2.37. The van der Waals surface area contributed by atoms with E-state index in [9.17, 15) is 0 Å². The van der Waals surface area contributed by atoms with Gasteiger partial charge in [-0.05, 0) is 30.3 Å². The fraction of sp³-hybridized carbons (Fsp3) is 0.111. The molecule has 0 radical (unpaired) electrons. The molecule has 6 heteroatoms. The minimum atomic E-state index is 0.452. The topological polar surface area (TPSA) is 42.2 Å². The first-order chi connectivity index (χ1) is 11.6. The molecular weight excluding hydrogens is 342 g/mol. The van der Waals surface area contributed by atoms with Crippen LogP contribution in [-0.4, -0.2) is 24.3 Å². The van der Waals surface area contributed by atoms with E-state index in [0.29, 0.717) is 16.8 Å². The average molecular weight is 356 g/mol. The molecule has 24 heavy (non-hydrogen) atoms. The number of hydrogen-bond donors (Lipinski definition) is 0. The van der Waals surface area contributed by atoms with Crippen molar-refractivity contribution in [3.05, 3.63) is 53.6 Å². The Kier molecular flexibility index (Phi) is 3.75. The number of aromatic nitrogens is 2. The van der Waals surface area contributed by atoms with Crippen molar-refractivity contribution >= 4 is 38.7 Å². The second kappa shape index (κ2) is 5.92. The lowest BCUT2D eigenvalue weighted by Gasteiger charge is -2.11. The lowest BCUT2D eigenvalue weighted by molar-refractivity contribution is 0.586. The molecule has 120 valence electrons. The fourth-order valence-electron chi connectivity index (χ4n) is 2.49. The molecule has 0 aliphatic carbocycles. The van der Waals surface area contributed by atoms with Crippen molar-refractivity contribution in [2.24, 2.45) is 0 Å². The maximum atomic E-state index is 6.48. The number of halogens is 1. The van der Waals surface area contributed by atoms with E-state index in [2.05, 4.69) is 10.2 Å². The van der Waals surface area contributed by atoms with Gasteiger partial charge in [-0.15, -0.1) is 21.5 Å². The zero-order valence-electron chi connectivity index (χ0n) is 13.2. The third kappa shape index (κ3) is 2.56. The minimum absolute atomic E-state index is 0.452. The Bertz CT molecular complexity index is 1000. The number of anilines is 1. The van der Waals surface area contributed by atoms with E-state index in [1.165, 1.54) is 0 Å². The van der Waals surface area contributed by atoms with Crippen LogP contribution in [-0.2, 0) is 0 Å². The largest absolute Gasteiger partial charge is 0.415 e. The van der Waals surface area contributed by atoms with Crippen LogP contribution in [0.3, 0.4) is 0 Å². The van der Waals surface area contributed by atoms with Gasteiger partial charge in [0, 0.05) is 35.4 Å². The average Bonchev–Trinajstić information content (AvgIpc) is 3.20. The van der Waals surface area contributed by atoms with Gasteiger partial charge in [0.2, 0.25) is 5.89 Å². The van der Waals surface area contributed by atoms with Crippen molar-refractivity contribution in [1.29, 1.82) is 0 Å². The summed E-state index contributed by atoms with van der Waals surface area (Å²) in [6.07, 6.45) is 0. The summed E-state index contributed by atoms with van der Waals surface area (Å²) in [6, 6.07) is 16.0. The first-order valence-corrected chi connectivity index (χ1v) is 8.61. The van der Waals surface area contributed by atoms with E-state index in [1.807, 2.05) is 67.5 Å². The highest BCUT2D eigenvalue weighted by Gasteiger charge is 2.18. The minimum Gasteiger partial charge on any atom is -0.415 e. The van der Waals surface area contributed by atoms with Gasteiger partial charge in [-0.2, -0.15) is 0 Å². The molecule has 4 aromatic rings. The molecule has 0 bridgehead atoms. The highest BCUT2D eigenvalue weighted by atomic mass is 35.5. The predicted octanol–water partition coefficient (Wildman–Crippen LogP) is 5.34. The van der Waals surface area contributed by atoms with Crippen molar-refractivity contribution in [3.63, 3.8) is 0 Å². The van der Waals surface area contributed by atoms with Gasteiger partial charge in [0.1, 0.15) is 4.88 Å². The lowest BCUT2D eigenvalue weighted by atomic mass is 10.2. The molecule has 0 N–H and O–H groups in total. The van der Waals surface area contributed by atoms with Crippen LogP contribution in [0.15, 0.2) is 52.9 Å². The standard InChI is InChI=1S/C18H14ClN3OS/c1-22(2)12-9-7-11(8-10-12)17-20-21-18(23-17)16-15(19)13-5-3-4-6-14(13)24-16/h3-10H,1-2H3. The van der Waals surface area contributed by atoms with Gasteiger partial charge < -0.3 is 9.32 Å². The third-order valence-electron chi connectivity index (χ3n) is 3.78. The quantitative estimate of drug-likeness (QED) is 0.497. The van der Waals surface area contributed by atoms with Crippen LogP contribution in [0.5, 0.6) is 0 Å². The molecule has 0 saturated carbocycles.